The van der Waals surface area contributed by atoms with Gasteiger partial charge in [-0.15, -0.1) is 0 Å². The van der Waals surface area contributed by atoms with Crippen molar-refractivity contribution in [3.63, 3.8) is 0 Å². The molecule has 0 bridgehead atoms. The lowest BCUT2D eigenvalue weighted by molar-refractivity contribution is 0.0524. The summed E-state index contributed by atoms with van der Waals surface area (Å²) in [6.45, 7) is 5.91. The number of hydrogen-bond acceptors (Lipinski definition) is 6. The van der Waals surface area contributed by atoms with E-state index in [1.54, 1.807) is 13.8 Å². The molecule has 104 valence electrons. The molecule has 19 heavy (non-hydrogen) atoms. The molecule has 1 atom stereocenters. The molecular weight excluding hydrogens is 244 g/mol. The second-order valence-electron chi connectivity index (χ2n) is 4.60. The van der Waals surface area contributed by atoms with Crippen LogP contribution >= 0.6 is 0 Å². The Hall–Kier alpha value is -1.69. The lowest BCUT2D eigenvalue weighted by atomic mass is 10.1. The van der Waals surface area contributed by atoms with Gasteiger partial charge in [-0.05, 0) is 33.2 Å². The molecule has 1 aromatic rings. The van der Waals surface area contributed by atoms with E-state index in [4.69, 9.17) is 4.74 Å². The topological polar surface area (TPSA) is 76.1 Å². The maximum absolute atomic E-state index is 11.6. The standard InChI is InChI=1S/C13H20N4O2/c1-3-19-12(18)11-8-15-13(16-9(11)2)17-10-5-4-6-14-7-10/h8,10,14H,3-7H2,1-2H3,(H,15,16,17). The van der Waals surface area contributed by atoms with Gasteiger partial charge in [0.05, 0.1) is 17.9 Å². The van der Waals surface area contributed by atoms with Crippen LogP contribution in [0.5, 0.6) is 0 Å². The molecule has 1 fully saturated rings. The van der Waals surface area contributed by atoms with Gasteiger partial charge in [-0.2, -0.15) is 0 Å². The maximum atomic E-state index is 11.6. The average molecular weight is 264 g/mol. The average Bonchev–Trinajstić information content (AvgIpc) is 2.40. The molecule has 1 aliphatic rings. The Morgan fingerprint density at radius 2 is 2.47 bits per heavy atom. The zero-order valence-electron chi connectivity index (χ0n) is 11.4. The fourth-order valence-electron chi connectivity index (χ4n) is 2.10. The molecule has 2 heterocycles. The van der Waals surface area contributed by atoms with Gasteiger partial charge in [0.15, 0.2) is 0 Å². The second-order valence-corrected chi connectivity index (χ2v) is 4.60. The molecule has 1 unspecified atom stereocenters. The Morgan fingerprint density at radius 3 is 3.11 bits per heavy atom. The predicted octanol–water partition coefficient (Wildman–Crippen LogP) is 1.13. The number of aryl methyl sites for hydroxylation is 1. The summed E-state index contributed by atoms with van der Waals surface area (Å²) in [5.74, 6) is 0.199. The van der Waals surface area contributed by atoms with Gasteiger partial charge in [-0.3, -0.25) is 0 Å². The van der Waals surface area contributed by atoms with Crippen molar-refractivity contribution in [2.24, 2.45) is 0 Å². The first-order chi connectivity index (χ1) is 9.20. The van der Waals surface area contributed by atoms with Crippen LogP contribution in [0.2, 0.25) is 0 Å². The Morgan fingerprint density at radius 1 is 1.63 bits per heavy atom. The number of nitrogens with zero attached hydrogens (tertiary/aromatic N) is 2. The van der Waals surface area contributed by atoms with Crippen LogP contribution in [0.25, 0.3) is 0 Å². The molecule has 0 aliphatic carbocycles. The Balaban J connectivity index is 2.03. The number of carbonyl (C=O) groups is 1. The summed E-state index contributed by atoms with van der Waals surface area (Å²) in [6.07, 6.45) is 3.78. The smallest absolute Gasteiger partial charge is 0.341 e. The van der Waals surface area contributed by atoms with E-state index in [0.29, 0.717) is 29.9 Å². The third-order valence-corrected chi connectivity index (χ3v) is 3.10. The van der Waals surface area contributed by atoms with Crippen molar-refractivity contribution in [3.05, 3.63) is 17.5 Å². The number of carbonyl (C=O) groups excluding carboxylic acids is 1. The van der Waals surface area contributed by atoms with Gasteiger partial charge in [0.25, 0.3) is 0 Å². The number of nitrogens with one attached hydrogen (secondary N) is 2. The van der Waals surface area contributed by atoms with E-state index in [1.165, 1.54) is 6.20 Å². The molecule has 1 aliphatic heterocycles. The number of hydrogen-bond donors (Lipinski definition) is 2. The van der Waals surface area contributed by atoms with E-state index in [0.717, 1.165) is 25.9 Å². The molecular formula is C13H20N4O2. The first-order valence-corrected chi connectivity index (χ1v) is 6.68. The zero-order chi connectivity index (χ0) is 13.7. The molecule has 0 aromatic carbocycles. The molecule has 2 N–H and O–H groups in total. The highest BCUT2D eigenvalue weighted by atomic mass is 16.5. The van der Waals surface area contributed by atoms with Gasteiger partial charge < -0.3 is 15.4 Å². The van der Waals surface area contributed by atoms with Gasteiger partial charge in [0.2, 0.25) is 5.95 Å². The highest BCUT2D eigenvalue weighted by Crippen LogP contribution is 2.11. The zero-order valence-corrected chi connectivity index (χ0v) is 11.4. The maximum Gasteiger partial charge on any atom is 0.341 e. The van der Waals surface area contributed by atoms with Crippen molar-refractivity contribution in [2.75, 3.05) is 25.0 Å². The van der Waals surface area contributed by atoms with E-state index >= 15 is 0 Å². The lowest BCUT2D eigenvalue weighted by Gasteiger charge is -2.23. The van der Waals surface area contributed by atoms with Crippen molar-refractivity contribution >= 4 is 11.9 Å². The summed E-state index contributed by atoms with van der Waals surface area (Å²) in [4.78, 5) is 20.1. The number of rotatable bonds is 4. The highest BCUT2D eigenvalue weighted by molar-refractivity contribution is 5.90. The van der Waals surface area contributed by atoms with E-state index in [2.05, 4.69) is 20.6 Å². The number of anilines is 1. The van der Waals surface area contributed by atoms with Crippen molar-refractivity contribution in [2.45, 2.75) is 32.7 Å². The number of ether oxygens (including phenoxy) is 1. The summed E-state index contributed by atoms with van der Waals surface area (Å²) in [7, 11) is 0. The number of esters is 1. The number of aromatic nitrogens is 2. The predicted molar refractivity (Wildman–Crippen MR) is 72.2 cm³/mol. The van der Waals surface area contributed by atoms with Gasteiger partial charge in [-0.1, -0.05) is 0 Å². The first-order valence-electron chi connectivity index (χ1n) is 6.68. The third kappa shape index (κ3) is 3.64. The van der Waals surface area contributed by atoms with E-state index in [9.17, 15) is 4.79 Å². The Bertz CT molecular complexity index is 444. The molecule has 6 nitrogen and oxygen atoms in total. The van der Waals surface area contributed by atoms with Gasteiger partial charge >= 0.3 is 5.97 Å². The van der Waals surface area contributed by atoms with Crippen LogP contribution in [0.15, 0.2) is 6.20 Å². The SMILES string of the molecule is CCOC(=O)c1cnc(NC2CCCNC2)nc1C. The van der Waals surface area contributed by atoms with Crippen LogP contribution in [-0.2, 0) is 4.74 Å². The molecule has 0 radical (unpaired) electrons. The molecule has 2 rings (SSSR count). The van der Waals surface area contributed by atoms with E-state index in [1.807, 2.05) is 0 Å². The summed E-state index contributed by atoms with van der Waals surface area (Å²) >= 11 is 0. The minimum Gasteiger partial charge on any atom is -0.462 e. The van der Waals surface area contributed by atoms with Crippen LogP contribution < -0.4 is 10.6 Å². The van der Waals surface area contributed by atoms with Crippen LogP contribution in [0, 0.1) is 6.92 Å². The summed E-state index contributed by atoms with van der Waals surface area (Å²) in [6, 6.07) is 0.349. The minimum absolute atomic E-state index is 0.349. The van der Waals surface area contributed by atoms with Crippen molar-refractivity contribution in [3.8, 4) is 0 Å². The van der Waals surface area contributed by atoms with Crippen LogP contribution in [0.4, 0.5) is 5.95 Å². The largest absolute Gasteiger partial charge is 0.462 e. The van der Waals surface area contributed by atoms with Gasteiger partial charge in [-0.25, -0.2) is 14.8 Å². The van der Waals surface area contributed by atoms with Crippen LogP contribution in [-0.4, -0.2) is 41.7 Å². The molecule has 1 saturated heterocycles. The normalized spacial score (nSPS) is 18.9. The van der Waals surface area contributed by atoms with Crippen molar-refractivity contribution in [1.29, 1.82) is 0 Å². The van der Waals surface area contributed by atoms with Gasteiger partial charge in [0.1, 0.15) is 0 Å². The fourth-order valence-corrected chi connectivity index (χ4v) is 2.10. The summed E-state index contributed by atoms with van der Waals surface area (Å²) < 4.78 is 4.95. The molecule has 0 saturated carbocycles. The molecule has 0 amide bonds. The third-order valence-electron chi connectivity index (χ3n) is 3.10. The highest BCUT2D eigenvalue weighted by Gasteiger charge is 2.16. The van der Waals surface area contributed by atoms with E-state index in [-0.39, 0.29) is 5.97 Å². The summed E-state index contributed by atoms with van der Waals surface area (Å²) in [5.41, 5.74) is 1.06. The molecule has 1 aromatic heterocycles. The molecule has 6 heteroatoms. The quantitative estimate of drug-likeness (QED) is 0.794. The molecule has 0 spiro atoms. The first kappa shape index (κ1) is 13.7. The van der Waals surface area contributed by atoms with Crippen LogP contribution in [0.3, 0.4) is 0 Å². The fraction of sp³-hybridized carbons (Fsp3) is 0.615. The van der Waals surface area contributed by atoms with E-state index < -0.39 is 0 Å². The minimum atomic E-state index is -0.370. The number of piperidine rings is 1. The monoisotopic (exact) mass is 264 g/mol. The summed E-state index contributed by atoms with van der Waals surface area (Å²) in [5, 5.41) is 6.61. The Kier molecular flexibility index (Phi) is 4.68. The van der Waals surface area contributed by atoms with Crippen molar-refractivity contribution < 1.29 is 9.53 Å². The van der Waals surface area contributed by atoms with Gasteiger partial charge in [0, 0.05) is 18.8 Å². The Labute approximate surface area is 113 Å². The van der Waals surface area contributed by atoms with Crippen LogP contribution in [0.1, 0.15) is 35.8 Å². The lowest BCUT2D eigenvalue weighted by Crippen LogP contribution is -2.38. The van der Waals surface area contributed by atoms with Crippen molar-refractivity contribution in [1.82, 2.24) is 15.3 Å². The second kappa shape index (κ2) is 6.47.